The molecule has 6 heteroatoms. The standard InChI is InChI=1S/C14H18N4O2/c1-4-16-13-8-15-9-14(18-13)17-11-6-5-10(19-2)7-12(11)20-3/h5-9H,4H2,1-3H3,(H2,16,17,18). The highest BCUT2D eigenvalue weighted by Gasteiger charge is 2.06. The van der Waals surface area contributed by atoms with E-state index in [1.165, 1.54) is 0 Å². The van der Waals surface area contributed by atoms with E-state index in [9.17, 15) is 0 Å². The first-order valence-corrected chi connectivity index (χ1v) is 6.31. The topological polar surface area (TPSA) is 68.3 Å². The second-order valence-corrected chi connectivity index (χ2v) is 4.01. The summed E-state index contributed by atoms with van der Waals surface area (Å²) in [4.78, 5) is 8.54. The summed E-state index contributed by atoms with van der Waals surface area (Å²) in [5.41, 5.74) is 0.802. The van der Waals surface area contributed by atoms with Gasteiger partial charge in [0, 0.05) is 12.6 Å². The summed E-state index contributed by atoms with van der Waals surface area (Å²) in [6.07, 6.45) is 3.34. The number of ether oxygens (including phenoxy) is 2. The van der Waals surface area contributed by atoms with Crippen molar-refractivity contribution in [2.75, 3.05) is 31.4 Å². The van der Waals surface area contributed by atoms with Gasteiger partial charge in [0.15, 0.2) is 5.82 Å². The average Bonchev–Trinajstić information content (AvgIpc) is 2.48. The quantitative estimate of drug-likeness (QED) is 0.844. The number of aromatic nitrogens is 2. The number of nitrogens with one attached hydrogen (secondary N) is 2. The molecule has 1 aromatic heterocycles. The van der Waals surface area contributed by atoms with Gasteiger partial charge in [-0.15, -0.1) is 0 Å². The zero-order valence-corrected chi connectivity index (χ0v) is 11.8. The molecule has 0 saturated heterocycles. The molecule has 0 atom stereocenters. The van der Waals surface area contributed by atoms with Gasteiger partial charge in [-0.05, 0) is 19.1 Å². The van der Waals surface area contributed by atoms with Gasteiger partial charge in [-0.2, -0.15) is 0 Å². The lowest BCUT2D eigenvalue weighted by Crippen LogP contribution is -2.03. The Labute approximate surface area is 118 Å². The van der Waals surface area contributed by atoms with Crippen molar-refractivity contribution in [3.05, 3.63) is 30.6 Å². The van der Waals surface area contributed by atoms with Gasteiger partial charge in [-0.3, -0.25) is 4.98 Å². The molecule has 1 heterocycles. The van der Waals surface area contributed by atoms with Crippen molar-refractivity contribution in [1.29, 1.82) is 0 Å². The van der Waals surface area contributed by atoms with Crippen LogP contribution in [0.2, 0.25) is 0 Å². The molecule has 0 bridgehead atoms. The van der Waals surface area contributed by atoms with Crippen molar-refractivity contribution < 1.29 is 9.47 Å². The summed E-state index contributed by atoms with van der Waals surface area (Å²) in [6.45, 7) is 2.80. The molecule has 2 rings (SSSR count). The fourth-order valence-corrected chi connectivity index (χ4v) is 1.73. The Morgan fingerprint density at radius 3 is 2.60 bits per heavy atom. The second kappa shape index (κ2) is 6.60. The number of hydrogen-bond acceptors (Lipinski definition) is 6. The van der Waals surface area contributed by atoms with E-state index in [2.05, 4.69) is 20.6 Å². The second-order valence-electron chi connectivity index (χ2n) is 4.01. The summed E-state index contributed by atoms with van der Waals surface area (Å²) in [6, 6.07) is 5.54. The monoisotopic (exact) mass is 274 g/mol. The first-order chi connectivity index (χ1) is 9.76. The molecule has 0 aliphatic heterocycles. The van der Waals surface area contributed by atoms with Crippen LogP contribution in [0, 0.1) is 0 Å². The maximum Gasteiger partial charge on any atom is 0.151 e. The van der Waals surface area contributed by atoms with Gasteiger partial charge >= 0.3 is 0 Å². The predicted octanol–water partition coefficient (Wildman–Crippen LogP) is 2.67. The Morgan fingerprint density at radius 1 is 1.10 bits per heavy atom. The summed E-state index contributed by atoms with van der Waals surface area (Å²) in [5.74, 6) is 2.79. The SMILES string of the molecule is CCNc1cncc(Nc2ccc(OC)cc2OC)n1. The van der Waals surface area contributed by atoms with Crippen LogP contribution in [0.15, 0.2) is 30.6 Å². The zero-order chi connectivity index (χ0) is 14.4. The highest BCUT2D eigenvalue weighted by Crippen LogP contribution is 2.30. The van der Waals surface area contributed by atoms with E-state index in [1.807, 2.05) is 25.1 Å². The summed E-state index contributed by atoms with van der Waals surface area (Å²) < 4.78 is 10.5. The highest BCUT2D eigenvalue weighted by molar-refractivity contribution is 5.66. The van der Waals surface area contributed by atoms with E-state index in [0.29, 0.717) is 11.6 Å². The number of benzene rings is 1. The van der Waals surface area contributed by atoms with Crippen LogP contribution in [-0.4, -0.2) is 30.7 Å². The third kappa shape index (κ3) is 3.28. The van der Waals surface area contributed by atoms with Crippen molar-refractivity contribution in [2.24, 2.45) is 0 Å². The molecular formula is C14H18N4O2. The molecule has 6 nitrogen and oxygen atoms in total. The number of rotatable bonds is 6. The van der Waals surface area contributed by atoms with Crippen molar-refractivity contribution in [2.45, 2.75) is 6.92 Å². The van der Waals surface area contributed by atoms with E-state index in [0.717, 1.165) is 23.8 Å². The Kier molecular flexibility index (Phi) is 4.60. The molecule has 0 radical (unpaired) electrons. The molecule has 2 N–H and O–H groups in total. The largest absolute Gasteiger partial charge is 0.497 e. The van der Waals surface area contributed by atoms with Crippen LogP contribution in [0.1, 0.15) is 6.92 Å². The van der Waals surface area contributed by atoms with Crippen LogP contribution in [0.25, 0.3) is 0 Å². The van der Waals surface area contributed by atoms with Crippen molar-refractivity contribution in [1.82, 2.24) is 9.97 Å². The molecule has 0 aliphatic rings. The maximum atomic E-state index is 5.33. The first-order valence-electron chi connectivity index (χ1n) is 6.31. The molecule has 106 valence electrons. The van der Waals surface area contributed by atoms with E-state index >= 15 is 0 Å². The molecule has 0 unspecified atom stereocenters. The molecular weight excluding hydrogens is 256 g/mol. The molecule has 1 aromatic carbocycles. The number of hydrogen-bond donors (Lipinski definition) is 2. The molecule has 0 fully saturated rings. The van der Waals surface area contributed by atoms with Crippen LogP contribution in [0.5, 0.6) is 11.5 Å². The van der Waals surface area contributed by atoms with E-state index < -0.39 is 0 Å². The van der Waals surface area contributed by atoms with Gasteiger partial charge in [0.2, 0.25) is 0 Å². The zero-order valence-electron chi connectivity index (χ0n) is 11.8. The normalized spacial score (nSPS) is 9.95. The average molecular weight is 274 g/mol. The van der Waals surface area contributed by atoms with E-state index in [4.69, 9.17) is 9.47 Å². The van der Waals surface area contributed by atoms with Crippen LogP contribution < -0.4 is 20.1 Å². The van der Waals surface area contributed by atoms with Crippen molar-refractivity contribution >= 4 is 17.3 Å². The third-order valence-corrected chi connectivity index (χ3v) is 2.66. The fourth-order valence-electron chi connectivity index (χ4n) is 1.73. The summed E-state index contributed by atoms with van der Waals surface area (Å²) >= 11 is 0. The lowest BCUT2D eigenvalue weighted by atomic mass is 10.2. The lowest BCUT2D eigenvalue weighted by molar-refractivity contribution is 0.395. The minimum absolute atomic E-state index is 0.645. The smallest absolute Gasteiger partial charge is 0.151 e. The fraction of sp³-hybridized carbons (Fsp3) is 0.286. The van der Waals surface area contributed by atoms with Crippen molar-refractivity contribution in [3.8, 4) is 11.5 Å². The summed E-state index contributed by atoms with van der Waals surface area (Å²) in [7, 11) is 3.23. The van der Waals surface area contributed by atoms with Crippen LogP contribution in [-0.2, 0) is 0 Å². The minimum Gasteiger partial charge on any atom is -0.497 e. The van der Waals surface area contributed by atoms with E-state index in [-0.39, 0.29) is 0 Å². The van der Waals surface area contributed by atoms with Crippen LogP contribution in [0.4, 0.5) is 17.3 Å². The van der Waals surface area contributed by atoms with E-state index in [1.54, 1.807) is 26.6 Å². The molecule has 0 saturated carbocycles. The molecule has 2 aromatic rings. The Balaban J connectivity index is 2.22. The predicted molar refractivity (Wildman–Crippen MR) is 79.0 cm³/mol. The van der Waals surface area contributed by atoms with Gasteiger partial charge in [0.1, 0.15) is 17.3 Å². The summed E-state index contributed by atoms with van der Waals surface area (Å²) in [5, 5.41) is 6.30. The van der Waals surface area contributed by atoms with Crippen LogP contribution in [0.3, 0.4) is 0 Å². The minimum atomic E-state index is 0.645. The van der Waals surface area contributed by atoms with Crippen molar-refractivity contribution in [3.63, 3.8) is 0 Å². The number of nitrogens with zero attached hydrogens (tertiary/aromatic N) is 2. The number of anilines is 3. The van der Waals surface area contributed by atoms with Gasteiger partial charge < -0.3 is 20.1 Å². The Morgan fingerprint density at radius 2 is 1.90 bits per heavy atom. The van der Waals surface area contributed by atoms with Crippen LogP contribution >= 0.6 is 0 Å². The van der Waals surface area contributed by atoms with Gasteiger partial charge in [0.25, 0.3) is 0 Å². The molecule has 0 aliphatic carbocycles. The first kappa shape index (κ1) is 13.9. The van der Waals surface area contributed by atoms with Gasteiger partial charge in [0.05, 0.1) is 32.3 Å². The van der Waals surface area contributed by atoms with Gasteiger partial charge in [-0.1, -0.05) is 0 Å². The lowest BCUT2D eigenvalue weighted by Gasteiger charge is -2.12. The highest BCUT2D eigenvalue weighted by atomic mass is 16.5. The number of methoxy groups -OCH3 is 2. The Bertz CT molecular complexity index is 575. The molecule has 0 spiro atoms. The maximum absolute atomic E-state index is 5.33. The molecule has 20 heavy (non-hydrogen) atoms. The third-order valence-electron chi connectivity index (χ3n) is 2.66. The van der Waals surface area contributed by atoms with Gasteiger partial charge in [-0.25, -0.2) is 4.98 Å². The molecule has 0 amide bonds. The Hall–Kier alpha value is -2.50.